The van der Waals surface area contributed by atoms with Crippen LogP contribution in [0.4, 0.5) is 4.39 Å². The summed E-state index contributed by atoms with van der Waals surface area (Å²) >= 11 is 0. The predicted octanol–water partition coefficient (Wildman–Crippen LogP) is -0.415. The summed E-state index contributed by atoms with van der Waals surface area (Å²) in [6.07, 6.45) is 4.74. The van der Waals surface area contributed by atoms with Crippen molar-refractivity contribution in [1.29, 1.82) is 0 Å². The second-order valence-corrected chi connectivity index (χ2v) is 6.11. The molecule has 0 atom stereocenters. The fourth-order valence-corrected chi connectivity index (χ4v) is 2.71. The quantitative estimate of drug-likeness (QED) is 0.537. The van der Waals surface area contributed by atoms with E-state index in [2.05, 4.69) is 15.1 Å². The molecule has 0 bridgehead atoms. The van der Waals surface area contributed by atoms with Crippen molar-refractivity contribution in [3.05, 3.63) is 48.5 Å². The van der Waals surface area contributed by atoms with Crippen LogP contribution in [0.15, 0.2) is 47.2 Å². The number of rotatable bonds is 6. The van der Waals surface area contributed by atoms with Gasteiger partial charge in [0.2, 0.25) is 5.88 Å². The van der Waals surface area contributed by atoms with Gasteiger partial charge in [-0.15, -0.1) is 0 Å². The fraction of sp³-hybridized carbons (Fsp3) is 0.278. The zero-order valence-electron chi connectivity index (χ0n) is 14.7. The van der Waals surface area contributed by atoms with Crippen LogP contribution in [-0.2, 0) is 0 Å². The van der Waals surface area contributed by atoms with E-state index in [1.165, 1.54) is 30.6 Å². The van der Waals surface area contributed by atoms with Gasteiger partial charge in [0, 0.05) is 11.9 Å². The maximum absolute atomic E-state index is 12.8. The normalized spacial score (nSPS) is 18.3. The van der Waals surface area contributed by atoms with Crippen molar-refractivity contribution in [2.75, 3.05) is 6.61 Å². The van der Waals surface area contributed by atoms with Crippen LogP contribution < -0.4 is 44.1 Å². The molecule has 1 aliphatic rings. The second-order valence-electron chi connectivity index (χ2n) is 6.11. The van der Waals surface area contributed by atoms with E-state index < -0.39 is 5.88 Å². The monoisotopic (exact) mass is 379 g/mol. The van der Waals surface area contributed by atoms with E-state index in [0.717, 1.165) is 12.8 Å². The van der Waals surface area contributed by atoms with Crippen LogP contribution in [0, 0.1) is 11.7 Å². The third kappa shape index (κ3) is 4.97. The molecule has 0 radical (unpaired) electrons. The van der Waals surface area contributed by atoms with E-state index in [0.29, 0.717) is 29.8 Å². The van der Waals surface area contributed by atoms with E-state index in [4.69, 9.17) is 14.0 Å². The average Bonchev–Trinajstić information content (AvgIpc) is 3.05. The molecule has 1 fully saturated rings. The van der Waals surface area contributed by atoms with Crippen molar-refractivity contribution >= 4 is 0 Å². The molecule has 7 nitrogen and oxygen atoms in total. The van der Waals surface area contributed by atoms with Gasteiger partial charge in [-0.1, -0.05) is 5.16 Å². The van der Waals surface area contributed by atoms with Crippen LogP contribution in [0.1, 0.15) is 12.8 Å². The van der Waals surface area contributed by atoms with Crippen molar-refractivity contribution in [2.24, 2.45) is 5.92 Å². The third-order valence-corrected chi connectivity index (χ3v) is 4.15. The van der Waals surface area contributed by atoms with Crippen molar-refractivity contribution in [2.45, 2.75) is 18.9 Å². The van der Waals surface area contributed by atoms with Gasteiger partial charge in [0.1, 0.15) is 23.4 Å². The number of ether oxygens (including phenoxy) is 2. The second kappa shape index (κ2) is 8.69. The Morgan fingerprint density at radius 1 is 1.15 bits per heavy atom. The van der Waals surface area contributed by atoms with Gasteiger partial charge in [-0.25, -0.2) is 14.4 Å². The minimum absolute atomic E-state index is 0. The molecule has 0 aliphatic heterocycles. The Bertz CT molecular complexity index is 867. The number of aromatic nitrogens is 3. The van der Waals surface area contributed by atoms with E-state index in [1.807, 2.05) is 0 Å². The zero-order valence-corrected chi connectivity index (χ0v) is 16.7. The maximum atomic E-state index is 12.8. The van der Waals surface area contributed by atoms with Crippen LogP contribution in [0.3, 0.4) is 0 Å². The molecule has 2 heterocycles. The molecule has 0 unspecified atom stereocenters. The molecule has 3 aromatic rings. The average molecular weight is 379 g/mol. The van der Waals surface area contributed by atoms with Crippen molar-refractivity contribution < 1.29 is 53.1 Å². The summed E-state index contributed by atoms with van der Waals surface area (Å²) < 4.78 is 29.1. The standard InChI is InChI=1S/C18H16FN3O4.Na/c19-12-1-3-13(4-2-12)24-10-11-5-14(6-11)25-18-9-20-15(8-21-18)16-7-17(23)22-26-16;/h1-4,7-9,11,14H,5-6,10H2,(H,22,23);/q;+1/p-1/t11-,14+;. The SMILES string of the molecule is [Na+].[O-]c1cc(-c2cnc(O[C@H]3C[C@@H](COc4ccc(F)cc4)C3)cn2)on1. The molecular weight excluding hydrogens is 364 g/mol. The summed E-state index contributed by atoms with van der Waals surface area (Å²) in [6.45, 7) is 0.569. The summed E-state index contributed by atoms with van der Waals surface area (Å²) in [5.74, 6) is 1.01. The molecule has 1 saturated carbocycles. The molecule has 0 N–H and O–H groups in total. The third-order valence-electron chi connectivity index (χ3n) is 4.15. The Balaban J connectivity index is 0.00000210. The molecule has 1 aliphatic carbocycles. The Labute approximate surface area is 176 Å². The minimum atomic E-state index is -0.453. The fourth-order valence-electron chi connectivity index (χ4n) is 2.71. The predicted molar refractivity (Wildman–Crippen MR) is 86.0 cm³/mol. The van der Waals surface area contributed by atoms with Crippen LogP contribution >= 0.6 is 0 Å². The van der Waals surface area contributed by atoms with Gasteiger partial charge in [0.05, 0.1) is 19.0 Å². The number of hydrogen-bond acceptors (Lipinski definition) is 7. The molecule has 0 saturated heterocycles. The maximum Gasteiger partial charge on any atom is 1.00 e. The Morgan fingerprint density at radius 3 is 2.56 bits per heavy atom. The van der Waals surface area contributed by atoms with E-state index in [1.54, 1.807) is 12.1 Å². The summed E-state index contributed by atoms with van der Waals surface area (Å²) in [7, 11) is 0. The molecule has 134 valence electrons. The van der Waals surface area contributed by atoms with Gasteiger partial charge in [-0.05, 0) is 43.0 Å². The molecule has 0 spiro atoms. The van der Waals surface area contributed by atoms with Crippen LogP contribution in [-0.4, -0.2) is 27.8 Å². The van der Waals surface area contributed by atoms with Crippen LogP contribution in [0.5, 0.6) is 17.5 Å². The number of hydrogen-bond donors (Lipinski definition) is 0. The molecule has 9 heteroatoms. The van der Waals surface area contributed by atoms with E-state index in [9.17, 15) is 9.50 Å². The molecule has 4 rings (SSSR count). The van der Waals surface area contributed by atoms with E-state index >= 15 is 0 Å². The molecule has 27 heavy (non-hydrogen) atoms. The topological polar surface area (TPSA) is 93.3 Å². The van der Waals surface area contributed by atoms with Gasteiger partial charge in [0.15, 0.2) is 5.76 Å². The van der Waals surface area contributed by atoms with Crippen LogP contribution in [0.25, 0.3) is 11.5 Å². The van der Waals surface area contributed by atoms with Gasteiger partial charge in [-0.2, -0.15) is 0 Å². The van der Waals surface area contributed by atoms with Gasteiger partial charge in [0.25, 0.3) is 0 Å². The molecule has 2 aromatic heterocycles. The van der Waals surface area contributed by atoms with Gasteiger partial charge < -0.3 is 19.1 Å². The molecular formula is C18H15FN3NaO4. The van der Waals surface area contributed by atoms with Gasteiger partial charge >= 0.3 is 29.6 Å². The summed E-state index contributed by atoms with van der Waals surface area (Å²) in [5, 5.41) is 14.3. The number of benzene rings is 1. The van der Waals surface area contributed by atoms with Crippen molar-refractivity contribution in [1.82, 2.24) is 15.1 Å². The largest absolute Gasteiger partial charge is 1.00 e. The Morgan fingerprint density at radius 2 is 1.93 bits per heavy atom. The summed E-state index contributed by atoms with van der Waals surface area (Å²) in [4.78, 5) is 8.33. The summed E-state index contributed by atoms with van der Waals surface area (Å²) in [6, 6.07) is 7.23. The molecule has 0 amide bonds. The first-order chi connectivity index (χ1) is 12.7. The minimum Gasteiger partial charge on any atom is -0.856 e. The van der Waals surface area contributed by atoms with Gasteiger partial charge in [-0.3, -0.25) is 0 Å². The number of halogens is 1. The summed E-state index contributed by atoms with van der Waals surface area (Å²) in [5.41, 5.74) is 0.422. The molecule has 1 aromatic carbocycles. The Kier molecular flexibility index (Phi) is 6.30. The van der Waals surface area contributed by atoms with Crippen molar-refractivity contribution in [3.8, 4) is 29.0 Å². The Hall–Kier alpha value is -2.16. The number of nitrogens with zero attached hydrogens (tertiary/aromatic N) is 3. The van der Waals surface area contributed by atoms with Crippen LogP contribution in [0.2, 0.25) is 0 Å². The first-order valence-corrected chi connectivity index (χ1v) is 8.17. The zero-order chi connectivity index (χ0) is 17.9. The smallest absolute Gasteiger partial charge is 0.856 e. The first kappa shape index (κ1) is 19.6. The van der Waals surface area contributed by atoms with Crippen molar-refractivity contribution in [3.63, 3.8) is 0 Å². The first-order valence-electron chi connectivity index (χ1n) is 8.17. The van der Waals surface area contributed by atoms with E-state index in [-0.39, 0.29) is 47.2 Å².